The number of nitrogens with zero attached hydrogens (tertiary/aromatic N) is 1. The topological polar surface area (TPSA) is 66.8 Å². The fourth-order valence-electron chi connectivity index (χ4n) is 2.73. The first-order valence-electron chi connectivity index (χ1n) is 8.18. The predicted molar refractivity (Wildman–Crippen MR) is 94.3 cm³/mol. The van der Waals surface area contributed by atoms with Crippen LogP contribution in [0.15, 0.2) is 24.3 Å². The van der Waals surface area contributed by atoms with Gasteiger partial charge in [0.15, 0.2) is 0 Å². The van der Waals surface area contributed by atoms with Gasteiger partial charge in [-0.15, -0.1) is 0 Å². The maximum Gasteiger partial charge on any atom is 0.410 e. The Morgan fingerprint density at radius 2 is 1.62 bits per heavy atom. The Morgan fingerprint density at radius 1 is 1.12 bits per heavy atom. The third-order valence-electron chi connectivity index (χ3n) is 4.09. The van der Waals surface area contributed by atoms with Crippen molar-refractivity contribution in [3.8, 4) is 0 Å². The van der Waals surface area contributed by atoms with Crippen molar-refractivity contribution in [1.29, 1.82) is 0 Å². The van der Waals surface area contributed by atoms with Gasteiger partial charge in [0.2, 0.25) is 0 Å². The van der Waals surface area contributed by atoms with Crippen molar-refractivity contribution < 1.29 is 19.4 Å². The highest BCUT2D eigenvalue weighted by Gasteiger charge is 2.42. The van der Waals surface area contributed by atoms with E-state index >= 15 is 0 Å². The van der Waals surface area contributed by atoms with Crippen molar-refractivity contribution in [3.63, 3.8) is 0 Å². The van der Waals surface area contributed by atoms with Crippen molar-refractivity contribution in [2.75, 3.05) is 7.05 Å². The van der Waals surface area contributed by atoms with Crippen LogP contribution in [0.1, 0.15) is 52.7 Å². The van der Waals surface area contributed by atoms with Crippen LogP contribution in [0.5, 0.6) is 0 Å². The standard InChI is InChI=1S/C19H29NO4/c1-8-13-9-11-14(12-10-13)19(5,6)15(16(21)22)20(7)17(23)24-18(2,3)4/h9-12,15H,8H2,1-7H3,(H,21,22)/t15-/m1/s1. The van der Waals surface area contributed by atoms with Gasteiger partial charge in [0, 0.05) is 12.5 Å². The van der Waals surface area contributed by atoms with Crippen LogP contribution in [-0.4, -0.2) is 40.8 Å². The van der Waals surface area contributed by atoms with E-state index in [0.717, 1.165) is 12.0 Å². The van der Waals surface area contributed by atoms with Crippen LogP contribution in [0.3, 0.4) is 0 Å². The number of aliphatic carboxylic acids is 1. The summed E-state index contributed by atoms with van der Waals surface area (Å²) >= 11 is 0. The molecule has 0 bridgehead atoms. The molecule has 1 atom stereocenters. The molecule has 0 fully saturated rings. The average molecular weight is 335 g/mol. The largest absolute Gasteiger partial charge is 0.480 e. The zero-order valence-electron chi connectivity index (χ0n) is 15.7. The Labute approximate surface area is 144 Å². The molecule has 1 aromatic rings. The van der Waals surface area contributed by atoms with Crippen LogP contribution in [0, 0.1) is 0 Å². The van der Waals surface area contributed by atoms with E-state index in [2.05, 4.69) is 6.92 Å². The van der Waals surface area contributed by atoms with Gasteiger partial charge in [-0.25, -0.2) is 9.59 Å². The molecule has 134 valence electrons. The minimum absolute atomic E-state index is 0.645. The van der Waals surface area contributed by atoms with E-state index in [1.807, 2.05) is 38.1 Å². The number of carbonyl (C=O) groups excluding carboxylic acids is 1. The summed E-state index contributed by atoms with van der Waals surface area (Å²) in [6.07, 6.45) is 0.272. The molecule has 0 aliphatic heterocycles. The summed E-state index contributed by atoms with van der Waals surface area (Å²) in [7, 11) is 1.47. The van der Waals surface area contributed by atoms with Gasteiger partial charge in [0.1, 0.15) is 11.6 Å². The highest BCUT2D eigenvalue weighted by molar-refractivity contribution is 5.82. The molecule has 0 unspecified atom stereocenters. The summed E-state index contributed by atoms with van der Waals surface area (Å²) in [6, 6.07) is 6.79. The lowest BCUT2D eigenvalue weighted by Gasteiger charge is -2.38. The molecule has 0 heterocycles. The highest BCUT2D eigenvalue weighted by Crippen LogP contribution is 2.31. The molecule has 0 aliphatic carbocycles. The lowest BCUT2D eigenvalue weighted by atomic mass is 9.77. The number of hydrogen-bond donors (Lipinski definition) is 1. The number of benzene rings is 1. The Bertz CT molecular complexity index is 584. The first-order chi connectivity index (χ1) is 10.9. The quantitative estimate of drug-likeness (QED) is 0.887. The fourth-order valence-corrected chi connectivity index (χ4v) is 2.73. The number of aryl methyl sites for hydroxylation is 1. The molecule has 0 aliphatic rings. The molecule has 1 aromatic carbocycles. The van der Waals surface area contributed by atoms with Crippen molar-refractivity contribution >= 4 is 12.1 Å². The maximum atomic E-state index is 12.3. The normalized spacial score (nSPS) is 13.3. The Hall–Kier alpha value is -2.04. The molecule has 5 heteroatoms. The second kappa shape index (κ2) is 7.24. The predicted octanol–water partition coefficient (Wildman–Crippen LogP) is 3.85. The van der Waals surface area contributed by atoms with Crippen LogP contribution in [-0.2, 0) is 21.4 Å². The minimum atomic E-state index is -1.06. The van der Waals surface area contributed by atoms with Crippen LogP contribution >= 0.6 is 0 Å². The minimum Gasteiger partial charge on any atom is -0.480 e. The van der Waals surface area contributed by atoms with Gasteiger partial charge in [-0.3, -0.25) is 4.90 Å². The van der Waals surface area contributed by atoms with E-state index in [1.165, 1.54) is 17.5 Å². The lowest BCUT2D eigenvalue weighted by molar-refractivity contribution is -0.145. The molecule has 1 rings (SSSR count). The second-order valence-electron chi connectivity index (χ2n) is 7.60. The number of ether oxygens (including phenoxy) is 1. The zero-order chi connectivity index (χ0) is 18.7. The molecular formula is C19H29NO4. The molecule has 5 nitrogen and oxygen atoms in total. The van der Waals surface area contributed by atoms with Crippen molar-refractivity contribution in [2.45, 2.75) is 65.0 Å². The van der Waals surface area contributed by atoms with Crippen molar-refractivity contribution in [1.82, 2.24) is 4.90 Å². The van der Waals surface area contributed by atoms with Gasteiger partial charge in [-0.2, -0.15) is 0 Å². The average Bonchev–Trinajstić information content (AvgIpc) is 2.44. The van der Waals surface area contributed by atoms with Crippen LogP contribution in [0.4, 0.5) is 4.79 Å². The number of amides is 1. The van der Waals surface area contributed by atoms with Crippen molar-refractivity contribution in [3.05, 3.63) is 35.4 Å². The number of carboxylic acid groups (broad SMARTS) is 1. The summed E-state index contributed by atoms with van der Waals surface area (Å²) in [4.78, 5) is 25.4. The first-order valence-corrected chi connectivity index (χ1v) is 8.18. The summed E-state index contributed by atoms with van der Waals surface area (Å²) < 4.78 is 5.32. The SMILES string of the molecule is CCc1ccc(C(C)(C)[C@@H](C(=O)O)N(C)C(=O)OC(C)(C)C)cc1. The highest BCUT2D eigenvalue weighted by atomic mass is 16.6. The van der Waals surface area contributed by atoms with E-state index in [-0.39, 0.29) is 0 Å². The smallest absolute Gasteiger partial charge is 0.410 e. The molecule has 0 saturated carbocycles. The van der Waals surface area contributed by atoms with Gasteiger partial charge in [0.25, 0.3) is 0 Å². The third-order valence-corrected chi connectivity index (χ3v) is 4.09. The maximum absolute atomic E-state index is 12.3. The van der Waals surface area contributed by atoms with Gasteiger partial charge in [0.05, 0.1) is 0 Å². The summed E-state index contributed by atoms with van der Waals surface area (Å²) in [5.74, 6) is -1.06. The molecule has 0 spiro atoms. The fraction of sp³-hybridized carbons (Fsp3) is 0.579. The van der Waals surface area contributed by atoms with E-state index in [9.17, 15) is 14.7 Å². The number of hydrogen-bond acceptors (Lipinski definition) is 3. The number of rotatable bonds is 5. The molecular weight excluding hydrogens is 306 g/mol. The Kier molecular flexibility index (Phi) is 6.04. The molecule has 0 saturated heterocycles. The number of carboxylic acids is 1. The summed E-state index contributed by atoms with van der Waals surface area (Å²) in [6.45, 7) is 11.0. The van der Waals surface area contributed by atoms with Gasteiger partial charge in [-0.05, 0) is 38.3 Å². The van der Waals surface area contributed by atoms with Crippen molar-refractivity contribution in [2.24, 2.45) is 0 Å². The second-order valence-corrected chi connectivity index (χ2v) is 7.60. The lowest BCUT2D eigenvalue weighted by Crippen LogP contribution is -2.54. The summed E-state index contributed by atoms with van der Waals surface area (Å²) in [5, 5.41) is 9.74. The van der Waals surface area contributed by atoms with Crippen LogP contribution in [0.25, 0.3) is 0 Å². The van der Waals surface area contributed by atoms with Gasteiger partial charge in [-0.1, -0.05) is 45.0 Å². The number of carbonyl (C=O) groups is 2. The third kappa shape index (κ3) is 4.73. The summed E-state index contributed by atoms with van der Waals surface area (Å²) in [5.41, 5.74) is 0.592. The van der Waals surface area contributed by atoms with E-state index in [1.54, 1.807) is 20.8 Å². The van der Waals surface area contributed by atoms with Gasteiger partial charge >= 0.3 is 12.1 Å². The molecule has 0 aromatic heterocycles. The molecule has 24 heavy (non-hydrogen) atoms. The molecule has 1 N–H and O–H groups in total. The van der Waals surface area contributed by atoms with Crippen LogP contribution < -0.4 is 0 Å². The van der Waals surface area contributed by atoms with E-state index in [4.69, 9.17) is 4.74 Å². The van der Waals surface area contributed by atoms with Gasteiger partial charge < -0.3 is 9.84 Å². The first kappa shape index (κ1) is 20.0. The Balaban J connectivity index is 3.16. The molecule has 1 amide bonds. The Morgan fingerprint density at radius 3 is 2.00 bits per heavy atom. The van der Waals surface area contributed by atoms with E-state index in [0.29, 0.717) is 0 Å². The number of likely N-dealkylation sites (N-methyl/N-ethyl adjacent to an activating group) is 1. The zero-order valence-corrected chi connectivity index (χ0v) is 15.7. The van der Waals surface area contributed by atoms with Crippen LogP contribution in [0.2, 0.25) is 0 Å². The van der Waals surface area contributed by atoms with E-state index < -0.39 is 29.1 Å². The monoisotopic (exact) mass is 335 g/mol. The molecule has 0 radical (unpaired) electrons.